The summed E-state index contributed by atoms with van der Waals surface area (Å²) >= 11 is 3.45. The van der Waals surface area contributed by atoms with Crippen LogP contribution in [0.25, 0.3) is 0 Å². The van der Waals surface area contributed by atoms with Crippen LogP contribution in [0.3, 0.4) is 0 Å². The number of anilines is 1. The Morgan fingerprint density at radius 2 is 2.18 bits per heavy atom. The Hall–Kier alpha value is -1.10. The number of pyridine rings is 1. The Balaban J connectivity index is 2.78. The number of nitrogens with one attached hydrogen (secondary N) is 1. The molecule has 1 N–H and O–H groups in total. The Morgan fingerprint density at radius 1 is 1.53 bits per heavy atom. The number of rotatable bonds is 2. The van der Waals surface area contributed by atoms with Gasteiger partial charge >= 0.3 is 6.09 Å². The minimum atomic E-state index is -0.515. The maximum Gasteiger partial charge on any atom is 0.413 e. The highest BCUT2D eigenvalue weighted by Crippen LogP contribution is 2.27. The first kappa shape index (κ1) is 14.0. The predicted molar refractivity (Wildman–Crippen MR) is 71.4 cm³/mol. The van der Waals surface area contributed by atoms with Gasteiger partial charge in [0, 0.05) is 16.6 Å². The van der Waals surface area contributed by atoms with Crippen molar-refractivity contribution in [1.82, 2.24) is 4.98 Å². The fourth-order valence-electron chi connectivity index (χ4n) is 1.24. The van der Waals surface area contributed by atoms with Gasteiger partial charge in [-0.05, 0) is 33.8 Å². The summed E-state index contributed by atoms with van der Waals surface area (Å²) in [5, 5.41) is 2.65. The number of aromatic nitrogens is 1. The summed E-state index contributed by atoms with van der Waals surface area (Å²) in [5.41, 5.74) is 0.400. The Kier molecular flexibility index (Phi) is 4.51. The van der Waals surface area contributed by atoms with Crippen LogP contribution in [0.15, 0.2) is 18.3 Å². The van der Waals surface area contributed by atoms with E-state index < -0.39 is 11.7 Å². The molecule has 0 bridgehead atoms. The molecule has 0 spiro atoms. The summed E-state index contributed by atoms with van der Waals surface area (Å²) in [6.07, 6.45) is 1.14. The van der Waals surface area contributed by atoms with E-state index in [2.05, 4.69) is 26.2 Å². The first-order chi connectivity index (χ1) is 7.79. The molecule has 0 radical (unpaired) electrons. The average molecular weight is 301 g/mol. The summed E-state index contributed by atoms with van der Waals surface area (Å²) in [6.45, 7) is 7.42. The number of ether oxygens (including phenoxy) is 1. The second kappa shape index (κ2) is 5.49. The van der Waals surface area contributed by atoms with E-state index in [0.717, 1.165) is 5.56 Å². The van der Waals surface area contributed by atoms with Gasteiger partial charge in [-0.25, -0.2) is 9.78 Å². The van der Waals surface area contributed by atoms with Crippen molar-refractivity contribution in [2.24, 2.45) is 0 Å². The molecule has 0 aliphatic carbocycles. The Morgan fingerprint density at radius 3 is 2.71 bits per heavy atom. The van der Waals surface area contributed by atoms with Crippen molar-refractivity contribution in [3.05, 3.63) is 23.9 Å². The van der Waals surface area contributed by atoms with Crippen LogP contribution in [0.5, 0.6) is 0 Å². The number of amides is 1. The highest BCUT2D eigenvalue weighted by molar-refractivity contribution is 9.09. The first-order valence-electron chi connectivity index (χ1n) is 5.38. The molecule has 1 aromatic heterocycles. The van der Waals surface area contributed by atoms with Gasteiger partial charge in [0.1, 0.15) is 11.4 Å². The molecule has 4 nitrogen and oxygen atoms in total. The molecule has 0 unspecified atom stereocenters. The monoisotopic (exact) mass is 300 g/mol. The summed E-state index contributed by atoms with van der Waals surface area (Å²) < 4.78 is 5.17. The lowest BCUT2D eigenvalue weighted by Gasteiger charge is -2.20. The third kappa shape index (κ3) is 4.73. The van der Waals surface area contributed by atoms with Crippen molar-refractivity contribution in [3.63, 3.8) is 0 Å². The summed E-state index contributed by atoms with van der Waals surface area (Å²) in [7, 11) is 0. The lowest BCUT2D eigenvalue weighted by molar-refractivity contribution is 0.0635. The van der Waals surface area contributed by atoms with E-state index in [1.54, 1.807) is 6.20 Å². The van der Waals surface area contributed by atoms with Gasteiger partial charge in [0.15, 0.2) is 0 Å². The third-order valence-corrected chi connectivity index (χ3v) is 2.38. The number of carbonyl (C=O) groups excluding carboxylic acids is 1. The topological polar surface area (TPSA) is 51.2 Å². The van der Waals surface area contributed by atoms with Crippen LogP contribution in [0.1, 0.15) is 38.1 Å². The van der Waals surface area contributed by atoms with E-state index in [9.17, 15) is 4.79 Å². The number of halogens is 1. The molecular formula is C12H17BrN2O2. The number of alkyl halides is 1. The standard InChI is InChI=1S/C12H17BrN2O2/c1-8(13)9-6-5-7-14-10(9)15-11(16)17-12(2,3)4/h5-8H,1-4H3,(H,14,15,16)/t8-/m0/s1. The molecule has 17 heavy (non-hydrogen) atoms. The fourth-order valence-corrected chi connectivity index (χ4v) is 1.61. The van der Waals surface area contributed by atoms with Gasteiger partial charge in [0.05, 0.1) is 0 Å². The normalized spacial score (nSPS) is 13.0. The largest absolute Gasteiger partial charge is 0.444 e. The van der Waals surface area contributed by atoms with Crippen molar-refractivity contribution in [3.8, 4) is 0 Å². The van der Waals surface area contributed by atoms with Crippen molar-refractivity contribution >= 4 is 27.8 Å². The molecule has 1 aromatic rings. The molecular weight excluding hydrogens is 284 g/mol. The lowest BCUT2D eigenvalue weighted by atomic mass is 10.2. The van der Waals surface area contributed by atoms with Crippen molar-refractivity contribution in [1.29, 1.82) is 0 Å². The highest BCUT2D eigenvalue weighted by atomic mass is 79.9. The van der Waals surface area contributed by atoms with E-state index in [1.807, 2.05) is 39.8 Å². The van der Waals surface area contributed by atoms with Crippen LogP contribution in [0.2, 0.25) is 0 Å². The van der Waals surface area contributed by atoms with Crippen molar-refractivity contribution in [2.45, 2.75) is 38.1 Å². The van der Waals surface area contributed by atoms with Gasteiger partial charge in [-0.3, -0.25) is 5.32 Å². The van der Waals surface area contributed by atoms with Gasteiger partial charge < -0.3 is 4.74 Å². The zero-order valence-corrected chi connectivity index (χ0v) is 12.0. The minimum Gasteiger partial charge on any atom is -0.444 e. The van der Waals surface area contributed by atoms with Crippen LogP contribution in [-0.4, -0.2) is 16.7 Å². The molecule has 5 heteroatoms. The van der Waals surface area contributed by atoms with Gasteiger partial charge in [-0.2, -0.15) is 0 Å². The maximum atomic E-state index is 11.6. The Labute approximate surface area is 110 Å². The molecule has 0 fully saturated rings. The zero-order valence-electron chi connectivity index (χ0n) is 10.5. The molecule has 0 aromatic carbocycles. The highest BCUT2D eigenvalue weighted by Gasteiger charge is 2.18. The van der Waals surface area contributed by atoms with Gasteiger partial charge in [-0.15, -0.1) is 0 Å². The number of carbonyl (C=O) groups is 1. The van der Waals surface area contributed by atoms with E-state index >= 15 is 0 Å². The molecule has 94 valence electrons. The Bertz CT molecular complexity index is 400. The molecule has 1 atom stereocenters. The fraction of sp³-hybridized carbons (Fsp3) is 0.500. The van der Waals surface area contributed by atoms with Gasteiger partial charge in [0.2, 0.25) is 0 Å². The smallest absolute Gasteiger partial charge is 0.413 e. The van der Waals surface area contributed by atoms with E-state index in [-0.39, 0.29) is 4.83 Å². The number of nitrogens with zero attached hydrogens (tertiary/aromatic N) is 1. The van der Waals surface area contributed by atoms with Crippen molar-refractivity contribution < 1.29 is 9.53 Å². The number of hydrogen-bond acceptors (Lipinski definition) is 3. The van der Waals surface area contributed by atoms with E-state index in [4.69, 9.17) is 4.74 Å². The van der Waals surface area contributed by atoms with Gasteiger partial charge in [-0.1, -0.05) is 22.0 Å². The second-order valence-electron chi connectivity index (χ2n) is 4.68. The summed E-state index contributed by atoms with van der Waals surface area (Å²) in [4.78, 5) is 15.9. The number of hydrogen-bond donors (Lipinski definition) is 1. The van der Waals surface area contributed by atoms with Crippen LogP contribution in [0, 0.1) is 0 Å². The molecule has 0 aliphatic rings. The lowest BCUT2D eigenvalue weighted by Crippen LogP contribution is -2.27. The summed E-state index contributed by atoms with van der Waals surface area (Å²) in [6, 6.07) is 3.73. The van der Waals surface area contributed by atoms with E-state index in [0.29, 0.717) is 5.82 Å². The predicted octanol–water partition coefficient (Wildman–Crippen LogP) is 3.88. The second-order valence-corrected chi connectivity index (χ2v) is 6.06. The SMILES string of the molecule is C[C@H](Br)c1cccnc1NC(=O)OC(C)(C)C. The molecule has 1 rings (SSSR count). The first-order valence-corrected chi connectivity index (χ1v) is 6.30. The molecule has 1 heterocycles. The van der Waals surface area contributed by atoms with E-state index in [1.165, 1.54) is 0 Å². The van der Waals surface area contributed by atoms with Crippen LogP contribution >= 0.6 is 15.9 Å². The molecule has 0 aliphatic heterocycles. The maximum absolute atomic E-state index is 11.6. The summed E-state index contributed by atoms with van der Waals surface area (Å²) in [5.74, 6) is 0.520. The zero-order chi connectivity index (χ0) is 13.1. The third-order valence-electron chi connectivity index (χ3n) is 1.89. The van der Waals surface area contributed by atoms with Crippen LogP contribution in [-0.2, 0) is 4.74 Å². The van der Waals surface area contributed by atoms with Crippen LogP contribution < -0.4 is 5.32 Å². The van der Waals surface area contributed by atoms with Gasteiger partial charge in [0.25, 0.3) is 0 Å². The molecule has 1 amide bonds. The molecule has 0 saturated heterocycles. The average Bonchev–Trinajstić information content (AvgIpc) is 2.14. The quantitative estimate of drug-likeness (QED) is 0.843. The minimum absolute atomic E-state index is 0.112. The molecule has 0 saturated carbocycles. The van der Waals surface area contributed by atoms with Crippen molar-refractivity contribution in [2.75, 3.05) is 5.32 Å². The van der Waals surface area contributed by atoms with Crippen LogP contribution in [0.4, 0.5) is 10.6 Å².